The molecule has 0 spiro atoms. The summed E-state index contributed by atoms with van der Waals surface area (Å²) in [7, 11) is 0. The molecule has 0 unspecified atom stereocenters. The molecule has 1 saturated heterocycles. The van der Waals surface area contributed by atoms with Crippen LogP contribution < -0.4 is 4.90 Å². The summed E-state index contributed by atoms with van der Waals surface area (Å²) in [6, 6.07) is 5.63. The molecule has 34 heavy (non-hydrogen) atoms. The smallest absolute Gasteiger partial charge is 0.366 e. The first kappa shape index (κ1) is 24.9. The van der Waals surface area contributed by atoms with Gasteiger partial charge in [0, 0.05) is 48.9 Å². The molecule has 9 heteroatoms. The van der Waals surface area contributed by atoms with E-state index in [0.717, 1.165) is 30.9 Å². The highest BCUT2D eigenvalue weighted by atomic mass is 35.5. The lowest BCUT2D eigenvalue weighted by atomic mass is 9.94. The van der Waals surface area contributed by atoms with Gasteiger partial charge in [0.05, 0.1) is 16.1 Å². The van der Waals surface area contributed by atoms with Gasteiger partial charge in [-0.1, -0.05) is 23.2 Å². The maximum atomic E-state index is 13.2. The Hall–Kier alpha value is -2.25. The summed E-state index contributed by atoms with van der Waals surface area (Å²) in [6.07, 6.45) is -0.930. The fourth-order valence-corrected chi connectivity index (χ4v) is 5.53. The van der Waals surface area contributed by atoms with Gasteiger partial charge in [-0.2, -0.15) is 13.2 Å². The minimum Gasteiger partial charge on any atom is -0.366 e. The quantitative estimate of drug-likeness (QED) is 0.439. The maximum absolute atomic E-state index is 13.2. The molecule has 0 aliphatic carbocycles. The van der Waals surface area contributed by atoms with Crippen molar-refractivity contribution in [3.63, 3.8) is 0 Å². The Balaban J connectivity index is 1.57. The standard InChI is InChI=1S/C25H25Cl2F3N2O2/c1-15-12-18(25(28,29)30)13-17-6-10-32(23(15)17)14-20-21(26)3-2-19(22(20)27)24(34)31-8-4-16(5-9-31)7-11-33/h2-3,11-13,16H,4-10,14H2,1H3. The zero-order valence-electron chi connectivity index (χ0n) is 18.7. The van der Waals surface area contributed by atoms with Gasteiger partial charge in [-0.05, 0) is 67.5 Å². The Labute approximate surface area is 206 Å². The van der Waals surface area contributed by atoms with Crippen molar-refractivity contribution in [3.05, 3.63) is 62.1 Å². The van der Waals surface area contributed by atoms with Crippen LogP contribution in [-0.2, 0) is 23.9 Å². The number of halogens is 5. The van der Waals surface area contributed by atoms with Crippen LogP contribution in [0.3, 0.4) is 0 Å². The van der Waals surface area contributed by atoms with Crippen LogP contribution in [0.2, 0.25) is 10.0 Å². The van der Waals surface area contributed by atoms with E-state index in [2.05, 4.69) is 0 Å². The first-order valence-corrected chi connectivity index (χ1v) is 12.0. The number of aryl methyl sites for hydroxylation is 1. The van der Waals surface area contributed by atoms with E-state index in [1.165, 1.54) is 6.07 Å². The molecule has 4 rings (SSSR count). The van der Waals surface area contributed by atoms with Crippen LogP contribution in [0, 0.1) is 12.8 Å². The molecule has 0 bridgehead atoms. The number of rotatable bonds is 5. The van der Waals surface area contributed by atoms with E-state index in [-0.39, 0.29) is 10.9 Å². The van der Waals surface area contributed by atoms with Gasteiger partial charge in [0.15, 0.2) is 0 Å². The summed E-state index contributed by atoms with van der Waals surface area (Å²) in [5.41, 5.74) is 2.24. The van der Waals surface area contributed by atoms with Crippen molar-refractivity contribution in [1.29, 1.82) is 0 Å². The minimum absolute atomic E-state index is 0.180. The van der Waals surface area contributed by atoms with Crippen molar-refractivity contribution < 1.29 is 22.8 Å². The van der Waals surface area contributed by atoms with Crippen LogP contribution in [-0.4, -0.2) is 36.7 Å². The lowest BCUT2D eigenvalue weighted by molar-refractivity contribution is -0.137. The number of amides is 1. The van der Waals surface area contributed by atoms with E-state index < -0.39 is 11.7 Å². The fourth-order valence-electron chi connectivity index (χ4n) is 4.96. The zero-order valence-corrected chi connectivity index (χ0v) is 20.2. The van der Waals surface area contributed by atoms with Gasteiger partial charge in [-0.25, -0.2) is 0 Å². The van der Waals surface area contributed by atoms with Crippen molar-refractivity contribution in [2.45, 2.75) is 45.3 Å². The van der Waals surface area contributed by atoms with Crippen LogP contribution in [0.15, 0.2) is 24.3 Å². The van der Waals surface area contributed by atoms with Gasteiger partial charge in [-0.3, -0.25) is 4.79 Å². The number of nitrogens with zero attached hydrogens (tertiary/aromatic N) is 2. The lowest BCUT2D eigenvalue weighted by Gasteiger charge is -2.32. The Kier molecular flexibility index (Phi) is 7.15. The molecule has 0 aromatic heterocycles. The fraction of sp³-hybridized carbons (Fsp3) is 0.440. The van der Waals surface area contributed by atoms with E-state index >= 15 is 0 Å². The molecule has 0 saturated carbocycles. The normalized spacial score (nSPS) is 16.6. The number of alkyl halides is 3. The van der Waals surface area contributed by atoms with E-state index in [4.69, 9.17) is 23.2 Å². The second-order valence-corrected chi connectivity index (χ2v) is 9.78. The Bertz CT molecular complexity index is 1110. The number of aldehydes is 1. The number of piperidine rings is 1. The van der Waals surface area contributed by atoms with Crippen LogP contribution in [0.5, 0.6) is 0 Å². The maximum Gasteiger partial charge on any atom is 0.416 e. The lowest BCUT2D eigenvalue weighted by Crippen LogP contribution is -2.38. The highest BCUT2D eigenvalue weighted by molar-refractivity contribution is 6.38. The van der Waals surface area contributed by atoms with Crippen molar-refractivity contribution in [3.8, 4) is 0 Å². The van der Waals surface area contributed by atoms with Crippen LogP contribution in [0.25, 0.3) is 0 Å². The molecule has 0 N–H and O–H groups in total. The summed E-state index contributed by atoms with van der Waals surface area (Å²) in [5.74, 6) is 0.120. The first-order chi connectivity index (χ1) is 16.1. The van der Waals surface area contributed by atoms with Gasteiger partial charge in [0.1, 0.15) is 6.29 Å². The van der Waals surface area contributed by atoms with E-state index in [1.807, 2.05) is 4.90 Å². The molecular weight excluding hydrogens is 488 g/mol. The highest BCUT2D eigenvalue weighted by Crippen LogP contribution is 2.40. The second kappa shape index (κ2) is 9.78. The first-order valence-electron chi connectivity index (χ1n) is 11.3. The third kappa shape index (κ3) is 4.91. The third-order valence-corrected chi connectivity index (χ3v) is 7.56. The van der Waals surface area contributed by atoms with Gasteiger partial charge in [0.25, 0.3) is 5.91 Å². The number of hydrogen-bond donors (Lipinski definition) is 0. The number of fused-ring (bicyclic) bond motifs is 1. The SMILES string of the molecule is Cc1cc(C(F)(F)F)cc2c1N(Cc1c(Cl)ccc(C(=O)N3CCC(CC=O)CC3)c1Cl)CC2. The molecule has 4 nitrogen and oxygen atoms in total. The predicted molar refractivity (Wildman–Crippen MR) is 127 cm³/mol. The summed E-state index contributed by atoms with van der Waals surface area (Å²) < 4.78 is 39.7. The molecule has 2 aromatic carbocycles. The molecule has 1 fully saturated rings. The topological polar surface area (TPSA) is 40.6 Å². The average Bonchev–Trinajstić information content (AvgIpc) is 3.20. The molecular formula is C25H25Cl2F3N2O2. The molecule has 0 radical (unpaired) electrons. The summed E-state index contributed by atoms with van der Waals surface area (Å²) in [6.45, 7) is 3.62. The van der Waals surface area contributed by atoms with Crippen LogP contribution in [0.1, 0.15) is 51.9 Å². The highest BCUT2D eigenvalue weighted by Gasteiger charge is 2.34. The minimum atomic E-state index is -4.39. The molecule has 2 aliphatic heterocycles. The number of likely N-dealkylation sites (tertiary alicyclic amines) is 1. The van der Waals surface area contributed by atoms with E-state index in [1.54, 1.807) is 24.0 Å². The van der Waals surface area contributed by atoms with Crippen molar-refractivity contribution >= 4 is 41.1 Å². The second-order valence-electron chi connectivity index (χ2n) is 9.00. The predicted octanol–water partition coefficient (Wildman–Crippen LogP) is 6.32. The molecule has 1 amide bonds. The Morgan fingerprint density at radius 1 is 1.15 bits per heavy atom. The van der Waals surface area contributed by atoms with Gasteiger partial charge in [0.2, 0.25) is 0 Å². The number of benzene rings is 2. The van der Waals surface area contributed by atoms with Gasteiger partial charge in [-0.15, -0.1) is 0 Å². The third-order valence-electron chi connectivity index (χ3n) is 6.77. The molecule has 2 heterocycles. The van der Waals surface area contributed by atoms with Crippen LogP contribution >= 0.6 is 23.2 Å². The molecule has 2 aliphatic rings. The number of carbonyl (C=O) groups excluding carboxylic acids is 2. The van der Waals surface area contributed by atoms with E-state index in [0.29, 0.717) is 72.2 Å². The summed E-state index contributed by atoms with van der Waals surface area (Å²) >= 11 is 13.1. The number of carbonyl (C=O) groups is 2. The zero-order chi connectivity index (χ0) is 24.6. The Morgan fingerprint density at radius 2 is 1.85 bits per heavy atom. The van der Waals surface area contributed by atoms with E-state index in [9.17, 15) is 22.8 Å². The average molecular weight is 513 g/mol. The number of hydrogen-bond acceptors (Lipinski definition) is 3. The molecule has 2 aromatic rings. The van der Waals surface area contributed by atoms with Crippen LogP contribution in [0.4, 0.5) is 18.9 Å². The number of anilines is 1. The van der Waals surface area contributed by atoms with Crippen molar-refractivity contribution in [2.24, 2.45) is 5.92 Å². The van der Waals surface area contributed by atoms with Crippen molar-refractivity contribution in [2.75, 3.05) is 24.5 Å². The summed E-state index contributed by atoms with van der Waals surface area (Å²) in [4.78, 5) is 27.7. The monoisotopic (exact) mass is 512 g/mol. The Morgan fingerprint density at radius 3 is 2.50 bits per heavy atom. The molecule has 182 valence electrons. The molecule has 0 atom stereocenters. The van der Waals surface area contributed by atoms with Crippen molar-refractivity contribution in [1.82, 2.24) is 4.90 Å². The summed E-state index contributed by atoms with van der Waals surface area (Å²) in [5, 5.41) is 0.676. The van der Waals surface area contributed by atoms with Gasteiger partial charge >= 0.3 is 6.18 Å². The largest absolute Gasteiger partial charge is 0.416 e. The van der Waals surface area contributed by atoms with Gasteiger partial charge < -0.3 is 14.6 Å².